The summed E-state index contributed by atoms with van der Waals surface area (Å²) in [7, 11) is 0. The second-order valence-electron chi connectivity index (χ2n) is 4.90. The van der Waals surface area contributed by atoms with Crippen LogP contribution in [0.5, 0.6) is 0 Å². The highest BCUT2D eigenvalue weighted by Crippen LogP contribution is 2.23. The van der Waals surface area contributed by atoms with Crippen LogP contribution in [-0.4, -0.2) is 17.6 Å². The van der Waals surface area contributed by atoms with E-state index in [1.165, 1.54) is 0 Å². The zero-order valence-electron chi connectivity index (χ0n) is 11.6. The Hall–Kier alpha value is -1.87. The molecule has 0 saturated heterocycles. The number of para-hydroxylation sites is 1. The van der Waals surface area contributed by atoms with Gasteiger partial charge in [-0.3, -0.25) is 0 Å². The highest BCUT2D eigenvalue weighted by molar-refractivity contribution is 5.84. The Kier molecular flexibility index (Phi) is 4.17. The monoisotopic (exact) mass is 255 g/mol. The summed E-state index contributed by atoms with van der Waals surface area (Å²) in [6.07, 6.45) is 1.90. The molecule has 0 fully saturated rings. The summed E-state index contributed by atoms with van der Waals surface area (Å²) in [5.41, 5.74) is 8.00. The van der Waals surface area contributed by atoms with Crippen molar-refractivity contribution < 1.29 is 0 Å². The van der Waals surface area contributed by atoms with Crippen molar-refractivity contribution in [2.24, 2.45) is 5.73 Å². The van der Waals surface area contributed by atoms with Crippen LogP contribution in [0.25, 0.3) is 10.9 Å². The van der Waals surface area contributed by atoms with E-state index in [9.17, 15) is 0 Å². The molecule has 0 atom stereocenters. The van der Waals surface area contributed by atoms with Gasteiger partial charge in [-0.2, -0.15) is 0 Å². The lowest BCUT2D eigenvalue weighted by Gasteiger charge is -2.27. The third-order valence-electron chi connectivity index (χ3n) is 3.25. The number of fused-ring (bicyclic) bond motifs is 1. The molecule has 19 heavy (non-hydrogen) atoms. The standard InChI is InChI=1S/C16H21N3/c1-4-9-19(12(2)3)16-10-13(11-17)14-7-5-6-8-15(14)18-16/h4-8,10,12H,1,9,11,17H2,2-3H3. The van der Waals surface area contributed by atoms with Gasteiger partial charge in [0.15, 0.2) is 0 Å². The van der Waals surface area contributed by atoms with Gasteiger partial charge in [0.2, 0.25) is 0 Å². The minimum atomic E-state index is 0.372. The van der Waals surface area contributed by atoms with Gasteiger partial charge in [0.25, 0.3) is 0 Å². The number of hydrogen-bond donors (Lipinski definition) is 1. The highest BCUT2D eigenvalue weighted by atomic mass is 15.2. The molecule has 3 heteroatoms. The van der Waals surface area contributed by atoms with Crippen molar-refractivity contribution in [3.05, 3.63) is 48.6 Å². The zero-order chi connectivity index (χ0) is 13.8. The Morgan fingerprint density at radius 1 is 1.37 bits per heavy atom. The lowest BCUT2D eigenvalue weighted by molar-refractivity contribution is 0.713. The predicted octanol–water partition coefficient (Wildman–Crippen LogP) is 3.09. The van der Waals surface area contributed by atoms with Gasteiger partial charge < -0.3 is 10.6 Å². The molecule has 0 saturated carbocycles. The van der Waals surface area contributed by atoms with Crippen LogP contribution in [-0.2, 0) is 6.54 Å². The quantitative estimate of drug-likeness (QED) is 0.835. The Morgan fingerprint density at radius 2 is 2.11 bits per heavy atom. The summed E-state index contributed by atoms with van der Waals surface area (Å²) in [5, 5.41) is 1.14. The van der Waals surface area contributed by atoms with E-state index in [2.05, 4.69) is 37.5 Å². The fourth-order valence-corrected chi connectivity index (χ4v) is 2.26. The number of pyridine rings is 1. The molecule has 3 nitrogen and oxygen atoms in total. The molecule has 0 amide bonds. The maximum absolute atomic E-state index is 5.87. The Morgan fingerprint density at radius 3 is 2.74 bits per heavy atom. The van der Waals surface area contributed by atoms with Gasteiger partial charge in [-0.1, -0.05) is 24.3 Å². The van der Waals surface area contributed by atoms with Gasteiger partial charge in [-0.05, 0) is 31.5 Å². The molecule has 0 aliphatic heterocycles. The van der Waals surface area contributed by atoms with E-state index >= 15 is 0 Å². The number of anilines is 1. The Balaban J connectivity index is 2.57. The first-order valence-electron chi connectivity index (χ1n) is 6.63. The van der Waals surface area contributed by atoms with Gasteiger partial charge in [-0.15, -0.1) is 6.58 Å². The molecule has 0 bridgehead atoms. The van der Waals surface area contributed by atoms with Crippen LogP contribution in [0.2, 0.25) is 0 Å². The van der Waals surface area contributed by atoms with Crippen LogP contribution in [0, 0.1) is 0 Å². The first-order valence-corrected chi connectivity index (χ1v) is 6.63. The van der Waals surface area contributed by atoms with Crippen molar-refractivity contribution in [1.29, 1.82) is 0 Å². The number of benzene rings is 1. The molecule has 1 aromatic carbocycles. The maximum atomic E-state index is 5.87. The van der Waals surface area contributed by atoms with Crippen LogP contribution in [0.1, 0.15) is 19.4 Å². The molecule has 0 unspecified atom stereocenters. The van der Waals surface area contributed by atoms with Crippen molar-refractivity contribution in [3.8, 4) is 0 Å². The average molecular weight is 255 g/mol. The summed E-state index contributed by atoms with van der Waals surface area (Å²) in [6.45, 7) is 9.44. The van der Waals surface area contributed by atoms with Crippen molar-refractivity contribution in [2.75, 3.05) is 11.4 Å². The van der Waals surface area contributed by atoms with Gasteiger partial charge in [-0.25, -0.2) is 4.98 Å². The maximum Gasteiger partial charge on any atom is 0.130 e. The van der Waals surface area contributed by atoms with E-state index in [4.69, 9.17) is 10.7 Å². The molecular weight excluding hydrogens is 234 g/mol. The summed E-state index contributed by atoms with van der Waals surface area (Å²) in [4.78, 5) is 6.97. The summed E-state index contributed by atoms with van der Waals surface area (Å²) >= 11 is 0. The van der Waals surface area contributed by atoms with E-state index < -0.39 is 0 Å². The van der Waals surface area contributed by atoms with Crippen LogP contribution in [0.15, 0.2) is 43.0 Å². The van der Waals surface area contributed by atoms with Crippen LogP contribution < -0.4 is 10.6 Å². The lowest BCUT2D eigenvalue weighted by atomic mass is 10.1. The third kappa shape index (κ3) is 2.76. The van der Waals surface area contributed by atoms with Crippen LogP contribution in [0.3, 0.4) is 0 Å². The van der Waals surface area contributed by atoms with Crippen LogP contribution >= 0.6 is 0 Å². The Bertz CT molecular complexity index is 575. The lowest BCUT2D eigenvalue weighted by Crippen LogP contribution is -2.31. The number of nitrogens with zero attached hydrogens (tertiary/aromatic N) is 2. The summed E-state index contributed by atoms with van der Waals surface area (Å²) < 4.78 is 0. The molecule has 2 rings (SSSR count). The summed E-state index contributed by atoms with van der Waals surface area (Å²) in [5.74, 6) is 0.967. The predicted molar refractivity (Wildman–Crippen MR) is 82.3 cm³/mol. The Labute approximate surface area is 114 Å². The number of nitrogens with two attached hydrogens (primary N) is 1. The normalized spacial score (nSPS) is 10.9. The second-order valence-corrected chi connectivity index (χ2v) is 4.90. The van der Waals surface area contributed by atoms with Crippen molar-refractivity contribution in [2.45, 2.75) is 26.4 Å². The van der Waals surface area contributed by atoms with Crippen molar-refractivity contribution in [1.82, 2.24) is 4.98 Å². The molecule has 0 spiro atoms. The number of aromatic nitrogens is 1. The number of rotatable bonds is 5. The minimum absolute atomic E-state index is 0.372. The van der Waals surface area contributed by atoms with Gasteiger partial charge in [0, 0.05) is 24.5 Å². The van der Waals surface area contributed by atoms with Crippen molar-refractivity contribution in [3.63, 3.8) is 0 Å². The molecule has 0 aliphatic carbocycles. The fourth-order valence-electron chi connectivity index (χ4n) is 2.26. The van der Waals surface area contributed by atoms with Crippen molar-refractivity contribution >= 4 is 16.7 Å². The van der Waals surface area contributed by atoms with Gasteiger partial charge in [0.1, 0.15) is 5.82 Å². The largest absolute Gasteiger partial charge is 0.350 e. The SMILES string of the molecule is C=CCN(c1cc(CN)c2ccccc2n1)C(C)C. The molecular formula is C16H21N3. The second kappa shape index (κ2) is 5.85. The summed E-state index contributed by atoms with van der Waals surface area (Å²) in [6, 6.07) is 10.6. The average Bonchev–Trinajstić information content (AvgIpc) is 2.43. The molecule has 100 valence electrons. The van der Waals surface area contributed by atoms with Crippen LogP contribution in [0.4, 0.5) is 5.82 Å². The van der Waals surface area contributed by atoms with E-state index in [1.807, 2.05) is 24.3 Å². The molecule has 1 aromatic heterocycles. The molecule has 0 radical (unpaired) electrons. The highest BCUT2D eigenvalue weighted by Gasteiger charge is 2.13. The number of hydrogen-bond acceptors (Lipinski definition) is 3. The van der Waals surface area contributed by atoms with E-state index in [0.717, 1.165) is 28.8 Å². The topological polar surface area (TPSA) is 42.1 Å². The first kappa shape index (κ1) is 13.6. The first-order chi connectivity index (χ1) is 9.17. The smallest absolute Gasteiger partial charge is 0.130 e. The van der Waals surface area contributed by atoms with Gasteiger partial charge >= 0.3 is 0 Å². The third-order valence-corrected chi connectivity index (χ3v) is 3.25. The van der Waals surface area contributed by atoms with Gasteiger partial charge in [0.05, 0.1) is 5.52 Å². The molecule has 2 N–H and O–H groups in total. The molecule has 0 aliphatic rings. The molecule has 1 heterocycles. The van der Waals surface area contributed by atoms with E-state index in [1.54, 1.807) is 0 Å². The fraction of sp³-hybridized carbons (Fsp3) is 0.312. The minimum Gasteiger partial charge on any atom is -0.350 e. The zero-order valence-corrected chi connectivity index (χ0v) is 11.6. The van der Waals surface area contributed by atoms with E-state index in [0.29, 0.717) is 12.6 Å². The van der Waals surface area contributed by atoms with E-state index in [-0.39, 0.29) is 0 Å². The molecule has 2 aromatic rings.